The molecule has 0 fully saturated rings. The molecule has 0 amide bonds. The van der Waals surface area contributed by atoms with Crippen molar-refractivity contribution in [2.24, 2.45) is 0 Å². The Bertz CT molecular complexity index is 785. The molecule has 0 aliphatic rings. The number of aromatic nitrogens is 2. The fourth-order valence-electron chi connectivity index (χ4n) is 2.08. The molecule has 0 saturated heterocycles. The van der Waals surface area contributed by atoms with Crippen molar-refractivity contribution in [2.75, 3.05) is 5.73 Å². The van der Waals surface area contributed by atoms with E-state index in [4.69, 9.17) is 17.3 Å². The minimum absolute atomic E-state index is 0.440. The first kappa shape index (κ1) is 13.6. The molecule has 1 heterocycles. The van der Waals surface area contributed by atoms with E-state index >= 15 is 0 Å². The molecule has 0 radical (unpaired) electrons. The van der Waals surface area contributed by atoms with Crippen LogP contribution in [-0.4, -0.2) is 9.97 Å². The van der Waals surface area contributed by atoms with Crippen LogP contribution in [-0.2, 0) is 0 Å². The van der Waals surface area contributed by atoms with Crippen LogP contribution in [0, 0.1) is 6.92 Å². The van der Waals surface area contributed by atoms with Gasteiger partial charge >= 0.3 is 0 Å². The monoisotopic (exact) mass is 295 g/mol. The third-order valence-electron chi connectivity index (χ3n) is 3.25. The molecule has 1 aromatic heterocycles. The maximum absolute atomic E-state index is 6.17. The number of benzene rings is 2. The maximum Gasteiger partial charge on any atom is 0.162 e. The average Bonchev–Trinajstić information content (AvgIpc) is 2.50. The number of nitrogens with zero attached hydrogens (tertiary/aromatic N) is 2. The van der Waals surface area contributed by atoms with Crippen molar-refractivity contribution >= 4 is 17.4 Å². The Morgan fingerprint density at radius 2 is 1.67 bits per heavy atom. The van der Waals surface area contributed by atoms with Crippen molar-refractivity contribution in [3.63, 3.8) is 0 Å². The van der Waals surface area contributed by atoms with E-state index in [0.29, 0.717) is 16.7 Å². The molecule has 2 aromatic carbocycles. The van der Waals surface area contributed by atoms with Crippen molar-refractivity contribution in [3.05, 3.63) is 65.2 Å². The van der Waals surface area contributed by atoms with Crippen LogP contribution in [0.3, 0.4) is 0 Å². The number of hydrogen-bond donors (Lipinski definition) is 1. The number of aryl methyl sites for hydroxylation is 1. The molecular formula is C17H14ClN3. The molecular weight excluding hydrogens is 282 g/mol. The standard InChI is InChI=1S/C17H14ClN3/c1-11-7-8-13(9-14(11)18)17-20-15(10-16(19)21-17)12-5-3-2-4-6-12/h2-10H,1H3,(H2,19,20,21). The second kappa shape index (κ2) is 5.54. The first-order valence-corrected chi connectivity index (χ1v) is 6.98. The molecule has 0 atom stereocenters. The van der Waals surface area contributed by atoms with Gasteiger partial charge in [0.15, 0.2) is 5.82 Å². The number of rotatable bonds is 2. The Morgan fingerprint density at radius 1 is 0.905 bits per heavy atom. The molecule has 0 bridgehead atoms. The van der Waals surface area contributed by atoms with E-state index in [0.717, 1.165) is 22.4 Å². The summed E-state index contributed by atoms with van der Waals surface area (Å²) in [6.45, 7) is 1.96. The summed E-state index contributed by atoms with van der Waals surface area (Å²) in [7, 11) is 0. The lowest BCUT2D eigenvalue weighted by Crippen LogP contribution is -1.98. The van der Waals surface area contributed by atoms with E-state index in [-0.39, 0.29) is 0 Å². The summed E-state index contributed by atoms with van der Waals surface area (Å²) < 4.78 is 0. The van der Waals surface area contributed by atoms with Gasteiger partial charge in [-0.2, -0.15) is 0 Å². The van der Waals surface area contributed by atoms with Crippen LogP contribution < -0.4 is 5.73 Å². The number of nitrogens with two attached hydrogens (primary N) is 1. The van der Waals surface area contributed by atoms with E-state index in [1.807, 2.05) is 55.5 Å². The largest absolute Gasteiger partial charge is 0.384 e. The first-order valence-electron chi connectivity index (χ1n) is 6.60. The maximum atomic E-state index is 6.17. The van der Waals surface area contributed by atoms with Crippen LogP contribution in [0.15, 0.2) is 54.6 Å². The third-order valence-corrected chi connectivity index (χ3v) is 3.65. The SMILES string of the molecule is Cc1ccc(-c2nc(N)cc(-c3ccccc3)n2)cc1Cl. The highest BCUT2D eigenvalue weighted by Crippen LogP contribution is 2.26. The van der Waals surface area contributed by atoms with Crippen LogP contribution in [0.2, 0.25) is 5.02 Å². The first-order chi connectivity index (χ1) is 10.1. The molecule has 3 aromatic rings. The highest BCUT2D eigenvalue weighted by molar-refractivity contribution is 6.31. The van der Waals surface area contributed by atoms with Gasteiger partial charge in [0.1, 0.15) is 5.82 Å². The van der Waals surface area contributed by atoms with Gasteiger partial charge in [0.25, 0.3) is 0 Å². The highest BCUT2D eigenvalue weighted by Gasteiger charge is 2.08. The lowest BCUT2D eigenvalue weighted by atomic mass is 10.1. The van der Waals surface area contributed by atoms with Crippen LogP contribution in [0.4, 0.5) is 5.82 Å². The quantitative estimate of drug-likeness (QED) is 0.764. The molecule has 0 aliphatic carbocycles. The number of anilines is 1. The van der Waals surface area contributed by atoms with Crippen molar-refractivity contribution < 1.29 is 0 Å². The fourth-order valence-corrected chi connectivity index (χ4v) is 2.26. The normalized spacial score (nSPS) is 10.6. The third kappa shape index (κ3) is 2.88. The lowest BCUT2D eigenvalue weighted by molar-refractivity contribution is 1.19. The minimum Gasteiger partial charge on any atom is -0.384 e. The number of hydrogen-bond acceptors (Lipinski definition) is 3. The van der Waals surface area contributed by atoms with Gasteiger partial charge in [-0.15, -0.1) is 0 Å². The van der Waals surface area contributed by atoms with Gasteiger partial charge in [0.2, 0.25) is 0 Å². The Labute approximate surface area is 128 Å². The van der Waals surface area contributed by atoms with E-state index < -0.39 is 0 Å². The average molecular weight is 296 g/mol. The summed E-state index contributed by atoms with van der Waals surface area (Å²) in [6, 6.07) is 17.4. The van der Waals surface area contributed by atoms with Gasteiger partial charge in [-0.3, -0.25) is 0 Å². The highest BCUT2D eigenvalue weighted by atomic mass is 35.5. The summed E-state index contributed by atoms with van der Waals surface area (Å²) in [4.78, 5) is 8.90. The predicted molar refractivity (Wildman–Crippen MR) is 87.1 cm³/mol. The summed E-state index contributed by atoms with van der Waals surface area (Å²) >= 11 is 6.17. The van der Waals surface area contributed by atoms with Crippen LogP contribution in [0.5, 0.6) is 0 Å². The Balaban J connectivity index is 2.11. The van der Waals surface area contributed by atoms with Crippen molar-refractivity contribution in [3.8, 4) is 22.6 Å². The van der Waals surface area contributed by atoms with Crippen LogP contribution in [0.25, 0.3) is 22.6 Å². The summed E-state index contributed by atoms with van der Waals surface area (Å²) in [5.74, 6) is 1.02. The molecule has 3 nitrogen and oxygen atoms in total. The van der Waals surface area contributed by atoms with Gasteiger partial charge < -0.3 is 5.73 Å². The predicted octanol–water partition coefficient (Wildman–Crippen LogP) is 4.35. The molecule has 4 heteroatoms. The fraction of sp³-hybridized carbons (Fsp3) is 0.0588. The smallest absolute Gasteiger partial charge is 0.162 e. The van der Waals surface area contributed by atoms with E-state index in [1.54, 1.807) is 6.07 Å². The molecule has 3 rings (SSSR count). The van der Waals surface area contributed by atoms with Crippen LogP contribution >= 0.6 is 11.6 Å². The number of halogens is 1. The van der Waals surface area contributed by atoms with E-state index in [2.05, 4.69) is 9.97 Å². The zero-order valence-corrected chi connectivity index (χ0v) is 12.3. The van der Waals surface area contributed by atoms with Crippen molar-refractivity contribution in [2.45, 2.75) is 6.92 Å². The van der Waals surface area contributed by atoms with Gasteiger partial charge in [-0.1, -0.05) is 54.1 Å². The van der Waals surface area contributed by atoms with Gasteiger partial charge in [0.05, 0.1) is 5.69 Å². The molecule has 0 aliphatic heterocycles. The topological polar surface area (TPSA) is 51.8 Å². The zero-order valence-electron chi connectivity index (χ0n) is 11.5. The summed E-state index contributed by atoms with van der Waals surface area (Å²) in [6.07, 6.45) is 0. The number of nitrogen functional groups attached to an aromatic ring is 1. The van der Waals surface area contributed by atoms with Gasteiger partial charge in [0, 0.05) is 22.2 Å². The van der Waals surface area contributed by atoms with Gasteiger partial charge in [-0.25, -0.2) is 9.97 Å². The summed E-state index contributed by atoms with van der Waals surface area (Å²) in [5.41, 5.74) is 9.60. The molecule has 0 unspecified atom stereocenters. The Hall–Kier alpha value is -2.39. The van der Waals surface area contributed by atoms with Gasteiger partial charge in [-0.05, 0) is 18.6 Å². The van der Waals surface area contributed by atoms with Crippen molar-refractivity contribution in [1.82, 2.24) is 9.97 Å². The molecule has 2 N–H and O–H groups in total. The lowest BCUT2D eigenvalue weighted by Gasteiger charge is -2.07. The Morgan fingerprint density at radius 3 is 2.38 bits per heavy atom. The minimum atomic E-state index is 0.440. The Kier molecular flexibility index (Phi) is 3.59. The molecule has 21 heavy (non-hydrogen) atoms. The second-order valence-corrected chi connectivity index (χ2v) is 5.24. The van der Waals surface area contributed by atoms with E-state index in [1.165, 1.54) is 0 Å². The summed E-state index contributed by atoms with van der Waals surface area (Å²) in [5, 5.41) is 0.694. The van der Waals surface area contributed by atoms with Crippen molar-refractivity contribution in [1.29, 1.82) is 0 Å². The molecule has 0 saturated carbocycles. The molecule has 0 spiro atoms. The second-order valence-electron chi connectivity index (χ2n) is 4.83. The zero-order chi connectivity index (χ0) is 14.8. The van der Waals surface area contributed by atoms with Crippen LogP contribution in [0.1, 0.15) is 5.56 Å². The molecule has 104 valence electrons. The van der Waals surface area contributed by atoms with E-state index in [9.17, 15) is 0 Å².